The van der Waals surface area contributed by atoms with Crippen LogP contribution in [0, 0.1) is 27.7 Å². The third-order valence-corrected chi connectivity index (χ3v) is 17.3. The third-order valence-electron chi connectivity index (χ3n) is 17.3. The van der Waals surface area contributed by atoms with E-state index in [4.69, 9.17) is 36.0 Å². The van der Waals surface area contributed by atoms with Crippen molar-refractivity contribution in [3.8, 4) is 23.0 Å². The molecule has 0 saturated heterocycles. The summed E-state index contributed by atoms with van der Waals surface area (Å²) in [4.78, 5) is 0. The van der Waals surface area contributed by atoms with Gasteiger partial charge in [-0.2, -0.15) is 46.5 Å². The van der Waals surface area contributed by atoms with Crippen molar-refractivity contribution < 1.29 is 39.8 Å². The molecule has 0 saturated carbocycles. The molecule has 422 valence electrons. The van der Waals surface area contributed by atoms with Gasteiger partial charge >= 0.3 is 37.9 Å². The van der Waals surface area contributed by atoms with Crippen LogP contribution in [-0.4, -0.2) is 28.4 Å². The van der Waals surface area contributed by atoms with E-state index in [1.165, 1.54) is 111 Å². The molecule has 0 fully saturated rings. The van der Waals surface area contributed by atoms with Crippen LogP contribution < -0.4 is 18.9 Å². The number of fused-ring (bicyclic) bond motifs is 4. The molecule has 8 aromatic rings. The van der Waals surface area contributed by atoms with Gasteiger partial charge in [0.25, 0.3) is 0 Å². The average molecular weight is 1210 g/mol. The Morgan fingerprint density at radius 2 is 0.530 bits per heavy atom. The maximum absolute atomic E-state index is 5.41. The molecule has 0 radical (unpaired) electrons. The van der Waals surface area contributed by atoms with Gasteiger partial charge in [0.1, 0.15) is 23.0 Å². The van der Waals surface area contributed by atoms with E-state index < -0.39 is 20.8 Å². The van der Waals surface area contributed by atoms with E-state index in [1.807, 2.05) is 0 Å². The van der Waals surface area contributed by atoms with E-state index in [-0.39, 0.29) is 35.5 Å². The number of rotatable bonds is 12. The van der Waals surface area contributed by atoms with Gasteiger partial charge in [-0.25, -0.2) is 0 Å². The van der Waals surface area contributed by atoms with Crippen LogP contribution in [0.5, 0.6) is 23.0 Å². The summed E-state index contributed by atoms with van der Waals surface area (Å²) in [7, 11) is 16.7. The molecule has 0 heterocycles. The predicted octanol–water partition coefficient (Wildman–Crippen LogP) is 20.1. The zero-order valence-electron chi connectivity index (χ0n) is 49.1. The molecule has 7 heteroatoms. The normalized spacial score (nSPS) is 17.6. The Labute approximate surface area is 511 Å². The van der Waals surface area contributed by atoms with Crippen molar-refractivity contribution in [2.45, 2.75) is 77.0 Å². The summed E-state index contributed by atoms with van der Waals surface area (Å²) in [5, 5.41) is 0. The predicted molar refractivity (Wildman–Crippen MR) is 346 cm³/mol. The number of aryl methyl sites for hydroxylation is 4. The number of halogens is 2. The van der Waals surface area contributed by atoms with Crippen molar-refractivity contribution in [3.63, 3.8) is 0 Å². The number of methoxy groups -OCH3 is 4. The van der Waals surface area contributed by atoms with Crippen LogP contribution in [0.1, 0.15) is 161 Å². The Morgan fingerprint density at radius 1 is 0.337 bits per heavy atom. The minimum absolute atomic E-state index is 0.206. The van der Waals surface area contributed by atoms with Gasteiger partial charge in [0.2, 0.25) is 0 Å². The molecule has 0 spiro atoms. The Balaban J connectivity index is 0.000000177. The molecule has 4 unspecified atom stereocenters. The Bertz CT molecular complexity index is 3300. The van der Waals surface area contributed by atoms with Crippen molar-refractivity contribution >= 4 is 41.3 Å². The number of ether oxygens (including phenoxy) is 4. The summed E-state index contributed by atoms with van der Waals surface area (Å²) < 4.78 is 21.6. The quantitative estimate of drug-likeness (QED) is 0.114. The molecule has 4 aliphatic carbocycles. The first-order chi connectivity index (χ1) is 40.4. The van der Waals surface area contributed by atoms with Crippen LogP contribution >= 0.6 is 17.0 Å². The fraction of sp³-hybridized carbons (Fsp3) is 0.211. The second-order valence-electron chi connectivity index (χ2n) is 21.9. The van der Waals surface area contributed by atoms with Crippen molar-refractivity contribution in [2.75, 3.05) is 28.4 Å². The Morgan fingerprint density at radius 3 is 0.711 bits per heavy atom. The molecule has 83 heavy (non-hydrogen) atoms. The van der Waals surface area contributed by atoms with Crippen LogP contribution in [0.4, 0.5) is 0 Å². The van der Waals surface area contributed by atoms with Gasteiger partial charge in [0.15, 0.2) is 0 Å². The fourth-order valence-electron chi connectivity index (χ4n) is 13.5. The van der Waals surface area contributed by atoms with Crippen LogP contribution in [0.25, 0.3) is 24.3 Å². The summed E-state index contributed by atoms with van der Waals surface area (Å²) in [6.45, 7) is 13.9. The second-order valence-corrected chi connectivity index (χ2v) is 25.7. The molecule has 4 aliphatic rings. The van der Waals surface area contributed by atoms with E-state index >= 15 is 0 Å². The number of allylic oxidation sites excluding steroid dienone is 12. The van der Waals surface area contributed by atoms with Gasteiger partial charge in [-0.05, 0) is 94.5 Å². The van der Waals surface area contributed by atoms with Crippen molar-refractivity contribution in [1.29, 1.82) is 0 Å². The van der Waals surface area contributed by atoms with E-state index in [9.17, 15) is 0 Å². The first-order valence-corrected chi connectivity index (χ1v) is 34.9. The van der Waals surface area contributed by atoms with Gasteiger partial charge in [0.05, 0.1) is 28.4 Å². The molecule has 0 amide bonds. The van der Waals surface area contributed by atoms with Gasteiger partial charge in [-0.15, -0.1) is 115 Å². The molecular weight excluding hydrogens is 1140 g/mol. The standard InChI is InChI=1S/2C38H36O2.2ClH.Zr/c2*1-24-22-35-31(27-14-18-29(39-4)19-15-27)10-6-8-12-33(35)37(24)26(3)38-25(2)23-36-32(11-7-9-13-34(36)38)28-16-20-30(40-5)21-17-28;;;/h2*6-23,26,31-32H,1-5H3;2*1H;/q2*-2;;;+2/p-2. The first-order valence-electron chi connectivity index (χ1n) is 28.5. The Kier molecular flexibility index (Phi) is 18.9. The van der Waals surface area contributed by atoms with E-state index in [0.717, 1.165) is 23.0 Å². The summed E-state index contributed by atoms with van der Waals surface area (Å²) in [5.74, 6) is 4.87. The monoisotopic (exact) mass is 1210 g/mol. The van der Waals surface area contributed by atoms with Crippen LogP contribution in [0.2, 0.25) is 0 Å². The molecular formula is C76H72Cl2O4Zr-4. The van der Waals surface area contributed by atoms with Crippen LogP contribution in [0.3, 0.4) is 0 Å². The molecule has 0 aromatic heterocycles. The zero-order valence-corrected chi connectivity index (χ0v) is 53.1. The second kappa shape index (κ2) is 26.6. The SMILES string of the molecule is COc1ccc(C2C=CC=Cc3c2cc(C)[c-]3C(C)[c-]2c(C)cc3c2C=CC=CC3c2ccc(OC)cc2)cc1.COc1ccc(C2C=CC=Cc3c2cc(C)[c-]3C(C)[c-]2c(C)cc3c2C=CC=CC3c2ccc(OC)cc2)cc1.[Cl][Zr][Cl]. The van der Waals surface area contributed by atoms with Gasteiger partial charge in [-0.3, -0.25) is 0 Å². The zero-order chi connectivity index (χ0) is 58.3. The average Bonchev–Trinajstić information content (AvgIpc) is 3.95. The first kappa shape index (κ1) is 59.0. The molecule has 0 aliphatic heterocycles. The topological polar surface area (TPSA) is 36.9 Å². The van der Waals surface area contributed by atoms with Gasteiger partial charge < -0.3 is 18.9 Å². The number of hydrogen-bond acceptors (Lipinski definition) is 4. The molecule has 12 rings (SSSR count). The summed E-state index contributed by atoms with van der Waals surface area (Å²) in [6, 6.07) is 43.6. The van der Waals surface area contributed by atoms with E-state index in [1.54, 1.807) is 28.4 Å². The molecule has 4 nitrogen and oxygen atoms in total. The summed E-state index contributed by atoms with van der Waals surface area (Å²) >= 11 is -0.826. The Hall–Kier alpha value is -7.14. The van der Waals surface area contributed by atoms with E-state index in [0.29, 0.717) is 0 Å². The number of hydrogen-bond donors (Lipinski definition) is 0. The van der Waals surface area contributed by atoms with E-state index in [2.05, 4.69) is 260 Å². The molecule has 0 bridgehead atoms. The van der Waals surface area contributed by atoms with Gasteiger partial charge in [-0.1, -0.05) is 151 Å². The fourth-order valence-corrected chi connectivity index (χ4v) is 13.5. The van der Waals surface area contributed by atoms with Crippen molar-refractivity contribution in [1.82, 2.24) is 0 Å². The van der Waals surface area contributed by atoms with Crippen LogP contribution in [-0.2, 0) is 20.8 Å². The van der Waals surface area contributed by atoms with Crippen molar-refractivity contribution in [3.05, 3.63) is 306 Å². The van der Waals surface area contributed by atoms with Crippen LogP contribution in [0.15, 0.2) is 194 Å². The molecule has 4 atom stereocenters. The van der Waals surface area contributed by atoms with Gasteiger partial charge in [0, 0.05) is 0 Å². The summed E-state index contributed by atoms with van der Waals surface area (Å²) in [6.07, 6.45) is 36.0. The summed E-state index contributed by atoms with van der Waals surface area (Å²) in [5.41, 5.74) is 27.2. The third kappa shape index (κ3) is 12.2. The molecule has 0 N–H and O–H groups in total. The van der Waals surface area contributed by atoms with Crippen molar-refractivity contribution in [2.24, 2.45) is 0 Å². The number of benzene rings is 4. The molecule has 8 aromatic carbocycles. The minimum atomic E-state index is -0.826. The maximum atomic E-state index is 5.41.